The first-order valence-corrected chi connectivity index (χ1v) is 13.7. The van der Waals surface area contributed by atoms with Crippen LogP contribution in [0.25, 0.3) is 11.1 Å². The number of hydrogen-bond donors (Lipinski definition) is 4. The van der Waals surface area contributed by atoms with Crippen LogP contribution in [0.5, 0.6) is 5.75 Å². The lowest BCUT2D eigenvalue weighted by Gasteiger charge is -2.14. The van der Waals surface area contributed by atoms with Crippen molar-refractivity contribution in [1.29, 1.82) is 0 Å². The van der Waals surface area contributed by atoms with Crippen LogP contribution in [0, 0.1) is 0 Å². The summed E-state index contributed by atoms with van der Waals surface area (Å²) >= 11 is 0. The summed E-state index contributed by atoms with van der Waals surface area (Å²) in [6.07, 6.45) is 1.88. The van der Waals surface area contributed by atoms with Gasteiger partial charge in [-0.3, -0.25) is 4.79 Å². The van der Waals surface area contributed by atoms with Crippen molar-refractivity contribution in [3.8, 4) is 16.9 Å². The van der Waals surface area contributed by atoms with Crippen LogP contribution in [-0.4, -0.2) is 45.4 Å². The van der Waals surface area contributed by atoms with E-state index in [1.54, 1.807) is 30.3 Å². The number of nitrogens with one attached hydrogen (secondary N) is 2. The van der Waals surface area contributed by atoms with Crippen LogP contribution in [0.1, 0.15) is 40.9 Å². The molecule has 5 N–H and O–H groups in total. The number of hydrogen-bond acceptors (Lipinski definition) is 7. The number of carbonyl (C=O) groups is 1. The summed E-state index contributed by atoms with van der Waals surface area (Å²) in [5.41, 5.74) is 10.3. The molecule has 36 heavy (non-hydrogen) atoms. The molecule has 3 rings (SSSR count). The van der Waals surface area contributed by atoms with Gasteiger partial charge < -0.3 is 20.9 Å². The van der Waals surface area contributed by atoms with Gasteiger partial charge in [-0.2, -0.15) is 0 Å². The maximum absolute atomic E-state index is 12.4. The Labute approximate surface area is 212 Å². The summed E-state index contributed by atoms with van der Waals surface area (Å²) in [5, 5.41) is 13.6. The Morgan fingerprint density at radius 2 is 1.69 bits per heavy atom. The zero-order valence-corrected chi connectivity index (χ0v) is 21.3. The van der Waals surface area contributed by atoms with Crippen molar-refractivity contribution in [2.45, 2.75) is 25.9 Å². The number of sulfonamides is 1. The van der Waals surface area contributed by atoms with Crippen LogP contribution in [-0.2, 0) is 16.4 Å². The molecule has 0 saturated carbocycles. The fourth-order valence-electron chi connectivity index (χ4n) is 3.62. The van der Waals surface area contributed by atoms with Gasteiger partial charge >= 0.3 is 0 Å². The molecule has 192 valence electrons. The molecule has 3 aromatic rings. The molecule has 0 unspecified atom stereocenters. The van der Waals surface area contributed by atoms with Gasteiger partial charge in [0.1, 0.15) is 5.75 Å². The third-order valence-corrected chi connectivity index (χ3v) is 6.06. The molecule has 0 aliphatic rings. The Hall–Kier alpha value is -3.40. The number of benzene rings is 3. The number of anilines is 1. The Bertz CT molecular complexity index is 1260. The second-order valence-electron chi connectivity index (χ2n) is 8.60. The van der Waals surface area contributed by atoms with E-state index in [1.807, 2.05) is 48.0 Å². The van der Waals surface area contributed by atoms with Crippen molar-refractivity contribution >= 4 is 21.6 Å². The molecule has 0 aromatic heterocycles. The fraction of sp³-hybridized carbons (Fsp3) is 0.296. The van der Waals surface area contributed by atoms with Crippen LogP contribution >= 0.6 is 0 Å². The Balaban J connectivity index is 1.61. The van der Waals surface area contributed by atoms with Gasteiger partial charge in [-0.25, -0.2) is 13.1 Å². The Morgan fingerprint density at radius 1 is 1.03 bits per heavy atom. The number of nitrogens with two attached hydrogens (primary N) is 1. The van der Waals surface area contributed by atoms with Crippen molar-refractivity contribution in [3.05, 3.63) is 83.4 Å². The second-order valence-corrected chi connectivity index (χ2v) is 10.3. The molecule has 9 heteroatoms. The zero-order valence-electron chi connectivity index (χ0n) is 20.5. The molecule has 0 aliphatic carbocycles. The number of aliphatic hydroxyl groups is 1. The summed E-state index contributed by atoms with van der Waals surface area (Å²) < 4.78 is 30.7. The van der Waals surface area contributed by atoms with Crippen molar-refractivity contribution in [3.63, 3.8) is 0 Å². The first kappa shape index (κ1) is 27.2. The number of ether oxygens (including phenoxy) is 1. The molecular weight excluding hydrogens is 478 g/mol. The lowest BCUT2D eigenvalue weighted by atomic mass is 10.0. The minimum Gasteiger partial charge on any atom is -0.493 e. The molecular formula is C27H33N3O5S. The molecule has 0 heterocycles. The summed E-state index contributed by atoms with van der Waals surface area (Å²) in [5.74, 6) is -0.386. The summed E-state index contributed by atoms with van der Waals surface area (Å²) in [6.45, 7) is 3.51. The van der Waals surface area contributed by atoms with E-state index in [1.165, 1.54) is 0 Å². The molecule has 0 spiro atoms. The van der Waals surface area contributed by atoms with E-state index in [2.05, 4.69) is 5.32 Å². The number of amides is 1. The van der Waals surface area contributed by atoms with Gasteiger partial charge in [-0.15, -0.1) is 0 Å². The minimum atomic E-state index is -3.68. The molecule has 0 saturated heterocycles. The van der Waals surface area contributed by atoms with Crippen molar-refractivity contribution in [2.75, 3.05) is 31.7 Å². The van der Waals surface area contributed by atoms with E-state index in [9.17, 15) is 18.3 Å². The average Bonchev–Trinajstić information content (AvgIpc) is 2.85. The maximum Gasteiger partial charge on any atom is 0.268 e. The van der Waals surface area contributed by atoms with E-state index >= 15 is 0 Å². The van der Waals surface area contributed by atoms with E-state index in [4.69, 9.17) is 10.5 Å². The normalized spacial score (nSPS) is 12.2. The highest BCUT2D eigenvalue weighted by Crippen LogP contribution is 2.28. The molecule has 1 atom stereocenters. The summed E-state index contributed by atoms with van der Waals surface area (Å²) in [4.78, 5) is 12.4. The smallest absolute Gasteiger partial charge is 0.268 e. The van der Waals surface area contributed by atoms with Crippen molar-refractivity contribution in [2.24, 2.45) is 0 Å². The number of aliphatic hydroxyl groups excluding tert-OH is 1. The molecule has 8 nitrogen and oxygen atoms in total. The van der Waals surface area contributed by atoms with Gasteiger partial charge in [0, 0.05) is 12.2 Å². The van der Waals surface area contributed by atoms with Gasteiger partial charge in [-0.05, 0) is 65.9 Å². The van der Waals surface area contributed by atoms with Gasteiger partial charge in [0.15, 0.2) is 0 Å². The topological polar surface area (TPSA) is 131 Å². The molecule has 0 aliphatic heterocycles. The highest BCUT2D eigenvalue weighted by Gasteiger charge is 2.17. The third kappa shape index (κ3) is 8.08. The predicted molar refractivity (Wildman–Crippen MR) is 142 cm³/mol. The fourth-order valence-corrected chi connectivity index (χ4v) is 4.06. The molecule has 0 bridgehead atoms. The lowest BCUT2D eigenvalue weighted by Crippen LogP contribution is -2.29. The summed E-state index contributed by atoms with van der Waals surface area (Å²) in [7, 11) is -3.68. The van der Waals surface area contributed by atoms with Crippen LogP contribution in [0.3, 0.4) is 0 Å². The van der Waals surface area contributed by atoms with E-state index < -0.39 is 22.0 Å². The lowest BCUT2D eigenvalue weighted by molar-refractivity contribution is 0.0977. The zero-order chi connectivity index (χ0) is 26.1. The van der Waals surface area contributed by atoms with Gasteiger partial charge in [-0.1, -0.05) is 49.4 Å². The number of nitrogen functional groups attached to an aromatic ring is 1. The largest absolute Gasteiger partial charge is 0.493 e. The van der Waals surface area contributed by atoms with E-state index in [0.717, 1.165) is 41.4 Å². The van der Waals surface area contributed by atoms with Crippen LogP contribution in [0.15, 0.2) is 66.7 Å². The first-order valence-electron chi connectivity index (χ1n) is 11.8. The monoisotopic (exact) mass is 511 g/mol. The predicted octanol–water partition coefficient (Wildman–Crippen LogP) is 3.28. The molecule has 1 amide bonds. The van der Waals surface area contributed by atoms with Gasteiger partial charge in [0.05, 0.1) is 24.5 Å². The van der Waals surface area contributed by atoms with Crippen LogP contribution in [0.4, 0.5) is 5.69 Å². The third-order valence-electron chi connectivity index (χ3n) is 5.50. The first-order chi connectivity index (χ1) is 17.2. The maximum atomic E-state index is 12.4. The van der Waals surface area contributed by atoms with E-state index in [0.29, 0.717) is 31.1 Å². The Morgan fingerprint density at radius 3 is 2.33 bits per heavy atom. The number of carbonyl (C=O) groups excluding carboxylic acids is 1. The quantitative estimate of drug-likeness (QED) is 0.217. The molecule has 0 radical (unpaired) electrons. The second kappa shape index (κ2) is 12.5. The summed E-state index contributed by atoms with van der Waals surface area (Å²) in [6, 6.07) is 20.3. The van der Waals surface area contributed by atoms with Gasteiger partial charge in [0.2, 0.25) is 10.0 Å². The van der Waals surface area contributed by atoms with E-state index in [-0.39, 0.29) is 5.56 Å². The highest BCUT2D eigenvalue weighted by molar-refractivity contribution is 7.89. The van der Waals surface area contributed by atoms with Crippen LogP contribution < -0.4 is 20.5 Å². The average molecular weight is 512 g/mol. The molecule has 3 aromatic carbocycles. The van der Waals surface area contributed by atoms with Crippen LogP contribution in [0.2, 0.25) is 0 Å². The van der Waals surface area contributed by atoms with Gasteiger partial charge in [0.25, 0.3) is 5.91 Å². The molecule has 0 fully saturated rings. The highest BCUT2D eigenvalue weighted by atomic mass is 32.2. The minimum absolute atomic E-state index is 0.168. The Kier molecular flexibility index (Phi) is 9.46. The van der Waals surface area contributed by atoms with Crippen molar-refractivity contribution < 1.29 is 23.1 Å². The number of rotatable bonds is 12. The SMILES string of the molecule is CCCOc1cc(-c2ccc(CCNC[C@@H](O)c3ccc(N)cc3)cc2)ccc1C(=O)NS(C)(=O)=O. The standard InChI is InChI=1S/C27H33N3O5S/c1-3-16-35-26-17-22(10-13-24(26)27(32)30-36(2,33)34)20-6-4-19(5-7-20)14-15-29-18-25(31)21-8-11-23(28)12-9-21/h4-13,17,25,29,31H,3,14-16,18,28H2,1-2H3,(H,30,32)/t25-/m1/s1. The van der Waals surface area contributed by atoms with Crippen molar-refractivity contribution in [1.82, 2.24) is 10.0 Å².